The average Bonchev–Trinajstić information content (AvgIpc) is 2.16. The zero-order valence-corrected chi connectivity index (χ0v) is 10.7. The molecule has 2 N–H and O–H groups in total. The second kappa shape index (κ2) is 5.72. The van der Waals surface area contributed by atoms with Gasteiger partial charge in [0.25, 0.3) is 0 Å². The Bertz CT molecular complexity index is 266. The van der Waals surface area contributed by atoms with Crippen molar-refractivity contribution in [3.63, 3.8) is 0 Å². The first-order valence-corrected chi connectivity index (χ1v) is 5.53. The molecule has 0 aromatic rings. The van der Waals surface area contributed by atoms with Crippen molar-refractivity contribution in [3.8, 4) is 0 Å². The van der Waals surface area contributed by atoms with Gasteiger partial charge in [0.05, 0.1) is 0 Å². The first-order valence-electron chi connectivity index (χ1n) is 5.53. The van der Waals surface area contributed by atoms with Gasteiger partial charge in [-0.2, -0.15) is 0 Å². The molecule has 0 heterocycles. The van der Waals surface area contributed by atoms with Gasteiger partial charge in [-0.25, -0.2) is 9.59 Å². The van der Waals surface area contributed by atoms with Crippen molar-refractivity contribution in [1.29, 1.82) is 0 Å². The highest BCUT2D eigenvalue weighted by Gasteiger charge is 2.34. The van der Waals surface area contributed by atoms with Gasteiger partial charge in [-0.15, -0.1) is 0 Å². The highest BCUT2D eigenvalue weighted by molar-refractivity contribution is 5.85. The van der Waals surface area contributed by atoms with E-state index in [1.54, 1.807) is 7.05 Å². The topological polar surface area (TPSA) is 69.6 Å². The molecule has 0 radical (unpaired) electrons. The largest absolute Gasteiger partial charge is 0.480 e. The second-order valence-electron chi connectivity index (χ2n) is 4.52. The molecule has 0 aliphatic heterocycles. The van der Waals surface area contributed by atoms with Crippen molar-refractivity contribution in [2.45, 2.75) is 52.1 Å². The molecule has 0 aromatic heterocycles. The molecule has 0 aliphatic carbocycles. The Morgan fingerprint density at radius 2 is 1.94 bits per heavy atom. The van der Waals surface area contributed by atoms with Crippen LogP contribution in [0.1, 0.15) is 40.5 Å². The molecular weight excluding hydrogens is 208 g/mol. The summed E-state index contributed by atoms with van der Waals surface area (Å²) < 4.78 is 0. The van der Waals surface area contributed by atoms with E-state index in [1.165, 1.54) is 11.8 Å². The van der Waals surface area contributed by atoms with Gasteiger partial charge in [-0.3, -0.25) is 0 Å². The number of aliphatic carboxylic acids is 1. The molecular formula is C11H22N2O3. The molecule has 2 amide bonds. The summed E-state index contributed by atoms with van der Waals surface area (Å²) in [5.41, 5.74) is -1.19. The molecule has 1 unspecified atom stereocenters. The Kier molecular flexibility index (Phi) is 5.27. The molecule has 5 heteroatoms. The number of carboxylic acids is 1. The van der Waals surface area contributed by atoms with Crippen LogP contribution in [-0.4, -0.2) is 40.6 Å². The summed E-state index contributed by atoms with van der Waals surface area (Å²) >= 11 is 0. The van der Waals surface area contributed by atoms with Crippen molar-refractivity contribution >= 4 is 12.0 Å². The summed E-state index contributed by atoms with van der Waals surface area (Å²) in [5.74, 6) is -1.00. The van der Waals surface area contributed by atoms with Gasteiger partial charge >= 0.3 is 12.0 Å². The number of rotatable bonds is 5. The van der Waals surface area contributed by atoms with E-state index in [-0.39, 0.29) is 12.1 Å². The normalized spacial score (nSPS) is 14.4. The molecule has 0 aromatic carbocycles. The Hall–Kier alpha value is -1.26. The van der Waals surface area contributed by atoms with Crippen molar-refractivity contribution in [1.82, 2.24) is 10.2 Å². The maximum Gasteiger partial charge on any atom is 0.329 e. The van der Waals surface area contributed by atoms with E-state index in [1.807, 2.05) is 20.8 Å². The lowest BCUT2D eigenvalue weighted by Crippen LogP contribution is -2.56. The highest BCUT2D eigenvalue weighted by Crippen LogP contribution is 2.13. The van der Waals surface area contributed by atoms with Gasteiger partial charge in [0.1, 0.15) is 5.54 Å². The summed E-state index contributed by atoms with van der Waals surface area (Å²) in [5, 5.41) is 11.7. The zero-order chi connectivity index (χ0) is 12.9. The van der Waals surface area contributed by atoms with Crippen LogP contribution in [0.15, 0.2) is 0 Å². The minimum absolute atomic E-state index is 0.0414. The third-order valence-electron chi connectivity index (χ3n) is 2.70. The summed E-state index contributed by atoms with van der Waals surface area (Å²) in [7, 11) is 1.65. The molecule has 94 valence electrons. The van der Waals surface area contributed by atoms with Crippen LogP contribution in [0, 0.1) is 0 Å². The number of urea groups is 1. The average molecular weight is 230 g/mol. The van der Waals surface area contributed by atoms with Crippen LogP contribution in [0.25, 0.3) is 0 Å². The number of carboxylic acid groups (broad SMARTS) is 1. The van der Waals surface area contributed by atoms with Crippen molar-refractivity contribution in [2.24, 2.45) is 0 Å². The Labute approximate surface area is 96.8 Å². The van der Waals surface area contributed by atoms with Crippen LogP contribution in [0.5, 0.6) is 0 Å². The van der Waals surface area contributed by atoms with Crippen molar-refractivity contribution < 1.29 is 14.7 Å². The number of carbonyl (C=O) groups is 2. The SMILES string of the molecule is CCCC(C)(NC(=O)N(C)C(C)C)C(=O)O. The molecule has 16 heavy (non-hydrogen) atoms. The van der Waals surface area contributed by atoms with E-state index < -0.39 is 11.5 Å². The molecule has 0 bridgehead atoms. The second-order valence-corrected chi connectivity index (χ2v) is 4.52. The fourth-order valence-corrected chi connectivity index (χ4v) is 1.28. The van der Waals surface area contributed by atoms with Gasteiger partial charge in [-0.1, -0.05) is 13.3 Å². The minimum atomic E-state index is -1.19. The number of amides is 2. The van der Waals surface area contributed by atoms with Gasteiger partial charge in [-0.05, 0) is 27.2 Å². The molecule has 0 saturated carbocycles. The number of hydrogen-bond acceptors (Lipinski definition) is 2. The number of carbonyl (C=O) groups excluding carboxylic acids is 1. The zero-order valence-electron chi connectivity index (χ0n) is 10.7. The molecule has 0 rings (SSSR count). The third kappa shape index (κ3) is 3.72. The number of nitrogens with zero attached hydrogens (tertiary/aromatic N) is 1. The van der Waals surface area contributed by atoms with Crippen LogP contribution >= 0.6 is 0 Å². The van der Waals surface area contributed by atoms with Gasteiger partial charge in [0.15, 0.2) is 0 Å². The van der Waals surface area contributed by atoms with Gasteiger partial charge in [0, 0.05) is 13.1 Å². The maximum absolute atomic E-state index is 11.7. The van der Waals surface area contributed by atoms with Crippen LogP contribution in [0.3, 0.4) is 0 Å². The van der Waals surface area contributed by atoms with Gasteiger partial charge < -0.3 is 15.3 Å². The first kappa shape index (κ1) is 14.7. The summed E-state index contributed by atoms with van der Waals surface area (Å²) in [6.07, 6.45) is 1.12. The van der Waals surface area contributed by atoms with Crippen LogP contribution in [0.4, 0.5) is 4.79 Å². The minimum Gasteiger partial charge on any atom is -0.480 e. The van der Waals surface area contributed by atoms with E-state index in [2.05, 4.69) is 5.32 Å². The van der Waals surface area contributed by atoms with E-state index in [0.717, 1.165) is 0 Å². The van der Waals surface area contributed by atoms with Gasteiger partial charge in [0.2, 0.25) is 0 Å². The summed E-state index contributed by atoms with van der Waals surface area (Å²) in [4.78, 5) is 24.3. The third-order valence-corrected chi connectivity index (χ3v) is 2.70. The first-order chi connectivity index (χ1) is 7.24. The Morgan fingerprint density at radius 3 is 2.25 bits per heavy atom. The molecule has 0 saturated heterocycles. The van der Waals surface area contributed by atoms with E-state index in [0.29, 0.717) is 12.8 Å². The lowest BCUT2D eigenvalue weighted by molar-refractivity contribution is -0.144. The summed E-state index contributed by atoms with van der Waals surface area (Å²) in [6.45, 7) is 7.17. The smallest absolute Gasteiger partial charge is 0.329 e. The Balaban J connectivity index is 4.65. The predicted octanol–water partition coefficient (Wildman–Crippen LogP) is 1.68. The molecule has 5 nitrogen and oxygen atoms in total. The monoisotopic (exact) mass is 230 g/mol. The fraction of sp³-hybridized carbons (Fsp3) is 0.818. The quantitative estimate of drug-likeness (QED) is 0.755. The number of hydrogen-bond donors (Lipinski definition) is 2. The molecule has 1 atom stereocenters. The molecule has 0 fully saturated rings. The molecule has 0 aliphatic rings. The Morgan fingerprint density at radius 1 is 1.44 bits per heavy atom. The lowest BCUT2D eigenvalue weighted by Gasteiger charge is -2.30. The van der Waals surface area contributed by atoms with Crippen molar-refractivity contribution in [3.05, 3.63) is 0 Å². The summed E-state index contributed by atoms with van der Waals surface area (Å²) in [6, 6.07) is -0.312. The maximum atomic E-state index is 11.7. The highest BCUT2D eigenvalue weighted by atomic mass is 16.4. The van der Waals surface area contributed by atoms with E-state index >= 15 is 0 Å². The predicted molar refractivity (Wildman–Crippen MR) is 62.4 cm³/mol. The van der Waals surface area contributed by atoms with E-state index in [4.69, 9.17) is 5.11 Å². The van der Waals surface area contributed by atoms with Crippen molar-refractivity contribution in [2.75, 3.05) is 7.05 Å². The lowest BCUT2D eigenvalue weighted by atomic mass is 9.96. The standard InChI is InChI=1S/C11H22N2O3/c1-6-7-11(4,9(14)15)12-10(16)13(5)8(2)3/h8H,6-7H2,1-5H3,(H,12,16)(H,14,15). The van der Waals surface area contributed by atoms with Crippen LogP contribution in [-0.2, 0) is 4.79 Å². The van der Waals surface area contributed by atoms with Crippen LogP contribution in [0.2, 0.25) is 0 Å². The van der Waals surface area contributed by atoms with Crippen LogP contribution < -0.4 is 5.32 Å². The van der Waals surface area contributed by atoms with E-state index in [9.17, 15) is 9.59 Å². The molecule has 0 spiro atoms. The fourth-order valence-electron chi connectivity index (χ4n) is 1.28. The number of nitrogens with one attached hydrogen (secondary N) is 1.